The average molecular weight is 440 g/mol. The third kappa shape index (κ3) is 3.42. The molecular formula is C26H37NO3Si. The molecule has 4 rings (SSSR count). The number of nitrogens with zero attached hydrogens (tertiary/aromatic N) is 1. The van der Waals surface area contributed by atoms with Crippen LogP contribution in [0.1, 0.15) is 70.4 Å². The second-order valence-corrected chi connectivity index (χ2v) is 16.4. The number of aryl methyl sites for hydroxylation is 1. The fourth-order valence-electron chi connectivity index (χ4n) is 6.18. The lowest BCUT2D eigenvalue weighted by Crippen LogP contribution is -2.44. The van der Waals surface area contributed by atoms with Gasteiger partial charge in [0.15, 0.2) is 11.5 Å². The fourth-order valence-corrected chi connectivity index (χ4v) is 7.19. The van der Waals surface area contributed by atoms with Gasteiger partial charge in [-0.25, -0.2) is 0 Å². The Kier molecular flexibility index (Phi) is 5.32. The van der Waals surface area contributed by atoms with Gasteiger partial charge in [-0.3, -0.25) is 4.79 Å². The predicted molar refractivity (Wildman–Crippen MR) is 125 cm³/mol. The molecule has 0 saturated heterocycles. The molecule has 0 aliphatic heterocycles. The number of carbonyl (C=O) groups excluding carboxylic acids is 1. The van der Waals surface area contributed by atoms with Crippen molar-refractivity contribution in [1.82, 2.24) is 0 Å². The standard InChI is InChI=1S/C26H37NO3Si/c1-25(2,3)31(6,7)30-23-13-16-8-9-19-18(20(16)14-22(23)29-5)10-11-26(4)21(19)12-17(15-27)24(26)28/h13-14,17-19,21H,8-12H2,1-7H3/t17?,18?,19?,21?,26-/m0/s1. The minimum absolute atomic E-state index is 0.124. The Morgan fingerprint density at radius 2 is 1.90 bits per heavy atom. The van der Waals surface area contributed by atoms with Crippen LogP contribution in [0.3, 0.4) is 0 Å². The van der Waals surface area contributed by atoms with Crippen molar-refractivity contribution >= 4 is 14.1 Å². The van der Waals surface area contributed by atoms with Crippen LogP contribution in [0.4, 0.5) is 0 Å². The molecule has 3 aliphatic carbocycles. The molecule has 4 unspecified atom stereocenters. The van der Waals surface area contributed by atoms with Crippen molar-refractivity contribution in [1.29, 1.82) is 5.26 Å². The van der Waals surface area contributed by atoms with Crippen LogP contribution in [0.2, 0.25) is 18.1 Å². The molecule has 0 N–H and O–H groups in total. The zero-order valence-electron chi connectivity index (χ0n) is 20.2. The van der Waals surface area contributed by atoms with Crippen molar-refractivity contribution in [2.45, 2.75) is 83.8 Å². The first kappa shape index (κ1) is 22.4. The van der Waals surface area contributed by atoms with Crippen LogP contribution < -0.4 is 9.16 Å². The molecule has 2 fully saturated rings. The molecule has 0 aromatic heterocycles. The van der Waals surface area contributed by atoms with E-state index in [-0.39, 0.29) is 16.2 Å². The molecule has 1 aromatic carbocycles. The molecule has 0 radical (unpaired) electrons. The average Bonchev–Trinajstić information content (AvgIpc) is 2.96. The van der Waals surface area contributed by atoms with Crippen molar-refractivity contribution in [3.8, 4) is 17.6 Å². The second-order valence-electron chi connectivity index (χ2n) is 11.7. The number of benzene rings is 1. The largest absolute Gasteiger partial charge is 0.541 e. The monoisotopic (exact) mass is 439 g/mol. The Morgan fingerprint density at radius 1 is 1.19 bits per heavy atom. The van der Waals surface area contributed by atoms with Crippen LogP contribution >= 0.6 is 0 Å². The highest BCUT2D eigenvalue weighted by Gasteiger charge is 2.58. The van der Waals surface area contributed by atoms with Gasteiger partial charge in [-0.1, -0.05) is 27.7 Å². The van der Waals surface area contributed by atoms with Crippen molar-refractivity contribution in [2.75, 3.05) is 7.11 Å². The van der Waals surface area contributed by atoms with Gasteiger partial charge in [0.25, 0.3) is 8.32 Å². The summed E-state index contributed by atoms with van der Waals surface area (Å²) in [7, 11) is -0.241. The molecule has 31 heavy (non-hydrogen) atoms. The quantitative estimate of drug-likeness (QED) is 0.522. The Balaban J connectivity index is 1.68. The number of Topliss-reactive ketones (excluding diaryl/α,β-unsaturated/α-hetero) is 1. The molecule has 0 amide bonds. The van der Waals surface area contributed by atoms with Crippen molar-refractivity contribution in [3.05, 3.63) is 23.3 Å². The van der Waals surface area contributed by atoms with Crippen molar-refractivity contribution in [3.63, 3.8) is 0 Å². The van der Waals surface area contributed by atoms with E-state index >= 15 is 0 Å². The minimum atomic E-state index is -1.97. The maximum absolute atomic E-state index is 12.9. The van der Waals surface area contributed by atoms with Gasteiger partial charge in [0, 0.05) is 5.41 Å². The molecule has 1 aromatic rings. The maximum Gasteiger partial charge on any atom is 0.250 e. The first-order chi connectivity index (χ1) is 14.4. The highest BCUT2D eigenvalue weighted by atomic mass is 28.4. The number of rotatable bonds is 3. The summed E-state index contributed by atoms with van der Waals surface area (Å²) in [5.74, 6) is 2.74. The van der Waals surface area contributed by atoms with Gasteiger partial charge in [-0.15, -0.1) is 0 Å². The van der Waals surface area contributed by atoms with E-state index in [2.05, 4.69) is 59.0 Å². The molecule has 5 heteroatoms. The number of ether oxygens (including phenoxy) is 1. The summed E-state index contributed by atoms with van der Waals surface area (Å²) in [6, 6.07) is 6.74. The lowest BCUT2D eigenvalue weighted by Gasteiger charge is -2.48. The summed E-state index contributed by atoms with van der Waals surface area (Å²) in [6.07, 6.45) is 4.74. The van der Waals surface area contributed by atoms with E-state index in [0.29, 0.717) is 17.8 Å². The van der Waals surface area contributed by atoms with Crippen molar-refractivity contribution < 1.29 is 14.0 Å². The highest BCUT2D eigenvalue weighted by Crippen LogP contribution is 2.61. The van der Waals surface area contributed by atoms with E-state index in [1.807, 2.05) is 0 Å². The van der Waals surface area contributed by atoms with Crippen LogP contribution in [-0.4, -0.2) is 21.2 Å². The third-order valence-electron chi connectivity index (χ3n) is 9.09. The van der Waals surface area contributed by atoms with Gasteiger partial charge in [0.1, 0.15) is 11.7 Å². The van der Waals surface area contributed by atoms with Crippen molar-refractivity contribution in [2.24, 2.45) is 23.2 Å². The lowest BCUT2D eigenvalue weighted by atomic mass is 9.55. The highest BCUT2D eigenvalue weighted by molar-refractivity contribution is 6.74. The smallest absolute Gasteiger partial charge is 0.250 e. The molecule has 168 valence electrons. The van der Waals surface area contributed by atoms with Gasteiger partial charge in [0.05, 0.1) is 13.2 Å². The number of methoxy groups -OCH3 is 1. The first-order valence-corrected chi connectivity index (χ1v) is 14.7. The molecule has 5 atom stereocenters. The van der Waals surface area contributed by atoms with E-state index < -0.39 is 14.2 Å². The van der Waals surface area contributed by atoms with Crippen LogP contribution in [0.25, 0.3) is 0 Å². The second kappa shape index (κ2) is 7.37. The summed E-state index contributed by atoms with van der Waals surface area (Å²) in [6.45, 7) is 13.4. The summed E-state index contributed by atoms with van der Waals surface area (Å²) >= 11 is 0. The number of fused-ring (bicyclic) bond motifs is 5. The number of ketones is 1. The summed E-state index contributed by atoms with van der Waals surface area (Å²) in [5.41, 5.74) is 2.44. The summed E-state index contributed by atoms with van der Waals surface area (Å²) < 4.78 is 12.5. The van der Waals surface area contributed by atoms with Crippen LogP contribution in [0.15, 0.2) is 12.1 Å². The van der Waals surface area contributed by atoms with Gasteiger partial charge < -0.3 is 9.16 Å². The Morgan fingerprint density at radius 3 is 2.52 bits per heavy atom. The molecule has 0 bridgehead atoms. The van der Waals surface area contributed by atoms with E-state index in [1.54, 1.807) is 7.11 Å². The van der Waals surface area contributed by atoms with Crippen LogP contribution in [0.5, 0.6) is 11.5 Å². The van der Waals surface area contributed by atoms with E-state index in [9.17, 15) is 10.1 Å². The Hall–Kier alpha value is -1.80. The zero-order chi connectivity index (χ0) is 22.8. The third-order valence-corrected chi connectivity index (χ3v) is 13.4. The molecule has 0 spiro atoms. The SMILES string of the molecule is COc1cc2c(cc1O[Si](C)(C)C(C)(C)C)CCC1C2CC[C@]2(C)C(=O)C(C#N)CC12. The van der Waals surface area contributed by atoms with Gasteiger partial charge >= 0.3 is 0 Å². The van der Waals surface area contributed by atoms with Crippen LogP contribution in [0, 0.1) is 34.5 Å². The van der Waals surface area contributed by atoms with E-state index in [0.717, 1.165) is 43.6 Å². The number of nitriles is 1. The number of carbonyl (C=O) groups is 1. The lowest BCUT2D eigenvalue weighted by molar-refractivity contribution is -0.130. The molecule has 2 saturated carbocycles. The Labute approximate surface area is 188 Å². The molecule has 0 heterocycles. The van der Waals surface area contributed by atoms with Gasteiger partial charge in [-0.05, 0) is 91.2 Å². The summed E-state index contributed by atoms with van der Waals surface area (Å²) in [4.78, 5) is 12.9. The van der Waals surface area contributed by atoms with E-state index in [4.69, 9.17) is 9.16 Å². The van der Waals surface area contributed by atoms with Gasteiger partial charge in [0.2, 0.25) is 0 Å². The number of hydrogen-bond acceptors (Lipinski definition) is 4. The van der Waals surface area contributed by atoms with Gasteiger partial charge in [-0.2, -0.15) is 5.26 Å². The van der Waals surface area contributed by atoms with E-state index in [1.165, 1.54) is 11.1 Å². The van der Waals surface area contributed by atoms with Crippen LogP contribution in [-0.2, 0) is 11.2 Å². The molecule has 4 nitrogen and oxygen atoms in total. The number of hydrogen-bond donors (Lipinski definition) is 0. The molecule has 3 aliphatic rings. The minimum Gasteiger partial charge on any atom is -0.541 e. The topological polar surface area (TPSA) is 59.3 Å². The maximum atomic E-state index is 12.9. The normalized spacial score (nSPS) is 32.5. The Bertz CT molecular complexity index is 941. The predicted octanol–water partition coefficient (Wildman–Crippen LogP) is 6.25. The summed E-state index contributed by atoms with van der Waals surface area (Å²) in [5, 5.41) is 9.63. The zero-order valence-corrected chi connectivity index (χ0v) is 21.2. The first-order valence-electron chi connectivity index (χ1n) is 11.8. The fraction of sp³-hybridized carbons (Fsp3) is 0.692. The molecular weight excluding hydrogens is 402 g/mol.